The molecule has 4 heteroatoms. The van der Waals surface area contributed by atoms with Crippen molar-refractivity contribution in [2.24, 2.45) is 0 Å². The first kappa shape index (κ1) is 12.6. The maximum absolute atomic E-state index is 11.2. The fourth-order valence-corrected chi connectivity index (χ4v) is 2.43. The van der Waals surface area contributed by atoms with Crippen molar-refractivity contribution in [3.8, 4) is 0 Å². The molecule has 0 radical (unpaired) electrons. The summed E-state index contributed by atoms with van der Waals surface area (Å²) in [4.78, 5) is 15.4. The van der Waals surface area contributed by atoms with E-state index in [1.165, 1.54) is 0 Å². The number of rotatable bonds is 4. The molecule has 0 saturated heterocycles. The zero-order valence-corrected chi connectivity index (χ0v) is 11.0. The average molecular weight is 246 g/mol. The van der Waals surface area contributed by atoms with Gasteiger partial charge in [0.15, 0.2) is 0 Å². The van der Waals surface area contributed by atoms with Crippen LogP contribution in [0.25, 0.3) is 11.0 Å². The summed E-state index contributed by atoms with van der Waals surface area (Å²) in [5.41, 5.74) is 1.65. The van der Waals surface area contributed by atoms with Gasteiger partial charge < -0.3 is 9.67 Å². The van der Waals surface area contributed by atoms with Crippen molar-refractivity contribution < 1.29 is 9.90 Å². The summed E-state index contributed by atoms with van der Waals surface area (Å²) >= 11 is 0. The van der Waals surface area contributed by atoms with Crippen LogP contribution in [0.1, 0.15) is 44.0 Å². The van der Waals surface area contributed by atoms with Gasteiger partial charge in [-0.1, -0.05) is 19.4 Å². The molecule has 96 valence electrons. The summed E-state index contributed by atoms with van der Waals surface area (Å²) in [7, 11) is 0. The monoisotopic (exact) mass is 246 g/mol. The molecule has 0 amide bonds. The molecule has 0 bridgehead atoms. The minimum Gasteiger partial charge on any atom is -0.478 e. The fourth-order valence-electron chi connectivity index (χ4n) is 2.43. The van der Waals surface area contributed by atoms with E-state index >= 15 is 0 Å². The topological polar surface area (TPSA) is 55.1 Å². The van der Waals surface area contributed by atoms with E-state index in [9.17, 15) is 4.79 Å². The second-order valence-corrected chi connectivity index (χ2v) is 5.16. The molecular weight excluding hydrogens is 228 g/mol. The van der Waals surface area contributed by atoms with Crippen LogP contribution in [0.4, 0.5) is 0 Å². The minimum absolute atomic E-state index is 0.0549. The fraction of sp³-hybridized carbons (Fsp3) is 0.429. The second kappa shape index (κ2) is 4.44. The molecule has 1 aromatic carbocycles. The van der Waals surface area contributed by atoms with Gasteiger partial charge >= 0.3 is 5.97 Å². The van der Waals surface area contributed by atoms with Crippen LogP contribution in [0.15, 0.2) is 24.5 Å². The van der Waals surface area contributed by atoms with Crippen LogP contribution in [0.2, 0.25) is 0 Å². The molecular formula is C14H18N2O2. The van der Waals surface area contributed by atoms with E-state index in [1.54, 1.807) is 18.5 Å². The van der Waals surface area contributed by atoms with Crippen LogP contribution >= 0.6 is 0 Å². The number of hydrogen-bond donors (Lipinski definition) is 1. The molecule has 18 heavy (non-hydrogen) atoms. The Morgan fingerprint density at radius 3 is 2.78 bits per heavy atom. The number of hydrogen-bond acceptors (Lipinski definition) is 2. The third kappa shape index (κ3) is 1.98. The number of imidazole rings is 1. The molecule has 0 aliphatic rings. The second-order valence-electron chi connectivity index (χ2n) is 5.16. The van der Waals surface area contributed by atoms with Gasteiger partial charge in [-0.25, -0.2) is 9.78 Å². The first-order valence-electron chi connectivity index (χ1n) is 6.17. The summed E-state index contributed by atoms with van der Waals surface area (Å²) in [6.45, 7) is 6.43. The number of aromatic nitrogens is 2. The lowest BCUT2D eigenvalue weighted by Gasteiger charge is -2.27. The molecule has 1 aromatic heterocycles. The highest BCUT2D eigenvalue weighted by Crippen LogP contribution is 2.27. The van der Waals surface area contributed by atoms with Crippen molar-refractivity contribution in [2.45, 2.75) is 39.2 Å². The van der Waals surface area contributed by atoms with Gasteiger partial charge in [0, 0.05) is 5.54 Å². The number of fused-ring (bicyclic) bond motifs is 1. The predicted octanol–water partition coefficient (Wildman–Crippen LogP) is 3.27. The lowest BCUT2D eigenvalue weighted by molar-refractivity contribution is 0.0699. The number of aromatic carboxylic acids is 1. The predicted molar refractivity (Wildman–Crippen MR) is 70.9 cm³/mol. The molecule has 1 N–H and O–H groups in total. The average Bonchev–Trinajstić information content (AvgIpc) is 2.72. The number of carboxylic acids is 1. The Hall–Kier alpha value is -1.84. The molecule has 0 saturated carbocycles. The Balaban J connectivity index is 2.62. The Morgan fingerprint density at radius 1 is 1.44 bits per heavy atom. The van der Waals surface area contributed by atoms with Gasteiger partial charge in [0.2, 0.25) is 0 Å². The minimum atomic E-state index is -0.931. The Kier molecular flexibility index (Phi) is 3.11. The lowest BCUT2D eigenvalue weighted by atomic mass is 9.98. The van der Waals surface area contributed by atoms with E-state index in [0.29, 0.717) is 5.52 Å². The van der Waals surface area contributed by atoms with Crippen LogP contribution in [-0.2, 0) is 5.54 Å². The van der Waals surface area contributed by atoms with Crippen molar-refractivity contribution in [1.29, 1.82) is 0 Å². The van der Waals surface area contributed by atoms with Gasteiger partial charge in [0.05, 0.1) is 17.4 Å². The number of benzene rings is 1. The highest BCUT2D eigenvalue weighted by Gasteiger charge is 2.22. The SMILES string of the molecule is CCCC(C)(C)n1cnc2c(C(=O)O)cccc21. The van der Waals surface area contributed by atoms with Gasteiger partial charge in [-0.2, -0.15) is 0 Å². The van der Waals surface area contributed by atoms with E-state index in [-0.39, 0.29) is 11.1 Å². The van der Waals surface area contributed by atoms with Crippen LogP contribution in [0.3, 0.4) is 0 Å². The number of nitrogens with zero attached hydrogens (tertiary/aromatic N) is 2. The summed E-state index contributed by atoms with van der Waals surface area (Å²) in [6, 6.07) is 5.28. The highest BCUT2D eigenvalue weighted by atomic mass is 16.4. The molecule has 0 aliphatic carbocycles. The normalized spacial score (nSPS) is 11.9. The Morgan fingerprint density at radius 2 is 2.17 bits per heavy atom. The Bertz CT molecular complexity index is 584. The van der Waals surface area contributed by atoms with Gasteiger partial charge in [-0.05, 0) is 32.4 Å². The first-order chi connectivity index (χ1) is 8.47. The summed E-state index contributed by atoms with van der Waals surface area (Å²) < 4.78 is 2.07. The molecule has 1 heterocycles. The molecule has 0 spiro atoms. The standard InChI is InChI=1S/C14H18N2O2/c1-4-8-14(2,3)16-9-15-12-10(13(17)18)6-5-7-11(12)16/h5-7,9H,4,8H2,1-3H3,(H,17,18). The van der Waals surface area contributed by atoms with Gasteiger partial charge in [0.25, 0.3) is 0 Å². The zero-order valence-electron chi connectivity index (χ0n) is 11.0. The van der Waals surface area contributed by atoms with Crippen molar-refractivity contribution in [3.05, 3.63) is 30.1 Å². The molecule has 0 fully saturated rings. The van der Waals surface area contributed by atoms with Crippen LogP contribution < -0.4 is 0 Å². The first-order valence-corrected chi connectivity index (χ1v) is 6.17. The summed E-state index contributed by atoms with van der Waals surface area (Å²) in [5, 5.41) is 9.15. The lowest BCUT2D eigenvalue weighted by Crippen LogP contribution is -2.25. The molecule has 0 unspecified atom stereocenters. The molecule has 2 aromatic rings. The largest absolute Gasteiger partial charge is 0.478 e. The van der Waals surface area contributed by atoms with Crippen molar-refractivity contribution in [1.82, 2.24) is 9.55 Å². The molecule has 0 aliphatic heterocycles. The zero-order chi connectivity index (χ0) is 13.3. The summed E-state index contributed by atoms with van der Waals surface area (Å²) in [5.74, 6) is -0.931. The van der Waals surface area contributed by atoms with Crippen LogP contribution in [0.5, 0.6) is 0 Å². The summed E-state index contributed by atoms with van der Waals surface area (Å²) in [6.07, 6.45) is 3.84. The Labute approximate surface area is 106 Å². The van der Waals surface area contributed by atoms with Crippen LogP contribution in [-0.4, -0.2) is 20.6 Å². The molecule has 4 nitrogen and oxygen atoms in total. The van der Waals surface area contributed by atoms with E-state index in [0.717, 1.165) is 18.4 Å². The molecule has 2 rings (SSSR count). The number of para-hydroxylation sites is 1. The van der Waals surface area contributed by atoms with Gasteiger partial charge in [-0.15, -0.1) is 0 Å². The number of carbonyl (C=O) groups is 1. The van der Waals surface area contributed by atoms with E-state index < -0.39 is 5.97 Å². The van der Waals surface area contributed by atoms with Crippen molar-refractivity contribution in [2.75, 3.05) is 0 Å². The van der Waals surface area contributed by atoms with Crippen molar-refractivity contribution in [3.63, 3.8) is 0 Å². The maximum Gasteiger partial charge on any atom is 0.337 e. The van der Waals surface area contributed by atoms with Crippen molar-refractivity contribution >= 4 is 17.0 Å². The van der Waals surface area contributed by atoms with Gasteiger partial charge in [0.1, 0.15) is 5.52 Å². The number of carboxylic acid groups (broad SMARTS) is 1. The smallest absolute Gasteiger partial charge is 0.337 e. The maximum atomic E-state index is 11.2. The van der Waals surface area contributed by atoms with Gasteiger partial charge in [-0.3, -0.25) is 0 Å². The van der Waals surface area contributed by atoms with E-state index in [1.807, 2.05) is 6.07 Å². The highest BCUT2D eigenvalue weighted by molar-refractivity contribution is 6.00. The molecule has 0 atom stereocenters. The van der Waals surface area contributed by atoms with E-state index in [4.69, 9.17) is 5.11 Å². The quantitative estimate of drug-likeness (QED) is 0.900. The third-order valence-electron chi connectivity index (χ3n) is 3.32. The third-order valence-corrected chi connectivity index (χ3v) is 3.32. The van der Waals surface area contributed by atoms with Crippen LogP contribution in [0, 0.1) is 0 Å². The van der Waals surface area contributed by atoms with E-state index in [2.05, 4.69) is 30.3 Å².